The van der Waals surface area contributed by atoms with Gasteiger partial charge in [0, 0.05) is 0 Å². The highest BCUT2D eigenvalue weighted by Gasteiger charge is 2.58. The second kappa shape index (κ2) is 4.21. The summed E-state index contributed by atoms with van der Waals surface area (Å²) in [5.41, 5.74) is -0.395. The van der Waals surface area contributed by atoms with Gasteiger partial charge in [0.25, 0.3) is 0 Å². The number of rotatable bonds is 2. The molecule has 4 bridgehead atoms. The molecule has 2 N–H and O–H groups in total. The molecule has 0 unspecified atom stereocenters. The van der Waals surface area contributed by atoms with Crippen molar-refractivity contribution in [2.75, 3.05) is 13.1 Å². The number of piperidine rings is 1. The van der Waals surface area contributed by atoms with Gasteiger partial charge < -0.3 is 10.4 Å². The van der Waals surface area contributed by atoms with E-state index in [0.29, 0.717) is 5.92 Å². The number of carboxylic acid groups (broad SMARTS) is 1. The third-order valence-corrected chi connectivity index (χ3v) is 6.79. The van der Waals surface area contributed by atoms with Crippen LogP contribution < -0.4 is 5.32 Å². The van der Waals surface area contributed by atoms with Crippen molar-refractivity contribution in [3.05, 3.63) is 0 Å². The van der Waals surface area contributed by atoms with Gasteiger partial charge in [0.15, 0.2) is 0 Å². The maximum Gasteiger partial charge on any atom is 0.310 e. The molecule has 3 heteroatoms. The summed E-state index contributed by atoms with van der Waals surface area (Å²) in [5, 5.41) is 13.3. The van der Waals surface area contributed by atoms with Crippen molar-refractivity contribution in [2.24, 2.45) is 35.0 Å². The predicted octanol–water partition coefficient (Wildman–Crippen LogP) is 2.51. The molecule has 5 aliphatic rings. The SMILES string of the molecule is O=C(O)C1(C2C3CC4CC(C3)CC2C4)CCNCC1. The van der Waals surface area contributed by atoms with Gasteiger partial charge in [-0.2, -0.15) is 0 Å². The summed E-state index contributed by atoms with van der Waals surface area (Å²) in [6.07, 6.45) is 8.49. The number of hydrogen-bond acceptors (Lipinski definition) is 2. The monoisotopic (exact) mass is 263 g/mol. The minimum atomic E-state index is -0.494. The molecule has 3 nitrogen and oxygen atoms in total. The van der Waals surface area contributed by atoms with Crippen LogP contribution in [-0.2, 0) is 4.79 Å². The molecule has 1 heterocycles. The summed E-state index contributed by atoms with van der Waals surface area (Å²) in [6, 6.07) is 0. The lowest BCUT2D eigenvalue weighted by atomic mass is 9.45. The van der Waals surface area contributed by atoms with E-state index >= 15 is 0 Å². The van der Waals surface area contributed by atoms with Gasteiger partial charge in [-0.05, 0) is 87.6 Å². The van der Waals surface area contributed by atoms with Crippen molar-refractivity contribution in [3.63, 3.8) is 0 Å². The summed E-state index contributed by atoms with van der Waals surface area (Å²) in [5.74, 6) is 3.32. The van der Waals surface area contributed by atoms with E-state index in [2.05, 4.69) is 5.32 Å². The molecular weight excluding hydrogens is 238 g/mol. The van der Waals surface area contributed by atoms with Crippen molar-refractivity contribution < 1.29 is 9.90 Å². The third kappa shape index (κ3) is 1.70. The van der Waals surface area contributed by atoms with Crippen LogP contribution in [0.4, 0.5) is 0 Å². The number of nitrogens with one attached hydrogen (secondary N) is 1. The Hall–Kier alpha value is -0.570. The zero-order valence-corrected chi connectivity index (χ0v) is 11.6. The summed E-state index contributed by atoms with van der Waals surface area (Å²) in [4.78, 5) is 12.1. The Balaban J connectivity index is 1.68. The molecule has 0 amide bonds. The molecule has 5 rings (SSSR count). The molecule has 106 valence electrons. The highest BCUT2D eigenvalue weighted by atomic mass is 16.4. The highest BCUT2D eigenvalue weighted by molar-refractivity contribution is 5.75. The van der Waals surface area contributed by atoms with Crippen LogP contribution in [-0.4, -0.2) is 24.2 Å². The topological polar surface area (TPSA) is 49.3 Å². The zero-order chi connectivity index (χ0) is 13.0. The summed E-state index contributed by atoms with van der Waals surface area (Å²) in [6.45, 7) is 1.80. The molecule has 0 radical (unpaired) electrons. The van der Waals surface area contributed by atoms with E-state index in [-0.39, 0.29) is 0 Å². The summed E-state index contributed by atoms with van der Waals surface area (Å²) >= 11 is 0. The number of carbonyl (C=O) groups is 1. The quantitative estimate of drug-likeness (QED) is 0.805. The Morgan fingerprint density at radius 2 is 1.47 bits per heavy atom. The second-order valence-electron chi connectivity index (χ2n) is 7.67. The van der Waals surface area contributed by atoms with Crippen molar-refractivity contribution >= 4 is 5.97 Å². The standard InChI is InChI=1S/C16H25NO2/c18-15(19)16(1-3-17-4-2-16)14-12-6-10-5-11(8-12)9-13(14)7-10/h10-14,17H,1-9H2,(H,18,19). The van der Waals surface area contributed by atoms with Gasteiger partial charge in [0.05, 0.1) is 5.41 Å². The van der Waals surface area contributed by atoms with Crippen LogP contribution in [0.1, 0.15) is 44.9 Å². The van der Waals surface area contributed by atoms with E-state index in [1.165, 1.54) is 32.1 Å². The molecule has 0 aromatic carbocycles. The maximum atomic E-state index is 12.1. The molecule has 4 saturated carbocycles. The minimum Gasteiger partial charge on any atom is -0.481 e. The van der Waals surface area contributed by atoms with E-state index in [0.717, 1.165) is 49.6 Å². The lowest BCUT2D eigenvalue weighted by Gasteiger charge is -2.59. The van der Waals surface area contributed by atoms with Crippen LogP contribution in [0.5, 0.6) is 0 Å². The van der Waals surface area contributed by atoms with Crippen molar-refractivity contribution in [1.29, 1.82) is 0 Å². The molecule has 19 heavy (non-hydrogen) atoms. The van der Waals surface area contributed by atoms with Gasteiger partial charge in [-0.1, -0.05) is 0 Å². The van der Waals surface area contributed by atoms with Crippen LogP contribution >= 0.6 is 0 Å². The molecule has 0 aromatic rings. The fourth-order valence-electron chi connectivity index (χ4n) is 6.39. The van der Waals surface area contributed by atoms with E-state index in [9.17, 15) is 9.90 Å². The van der Waals surface area contributed by atoms with Crippen molar-refractivity contribution in [1.82, 2.24) is 5.32 Å². The minimum absolute atomic E-state index is 0.395. The smallest absolute Gasteiger partial charge is 0.310 e. The Labute approximate surface area is 115 Å². The molecule has 0 aromatic heterocycles. The fourth-order valence-corrected chi connectivity index (χ4v) is 6.39. The first-order valence-corrected chi connectivity index (χ1v) is 8.13. The van der Waals surface area contributed by atoms with Crippen LogP contribution in [0, 0.1) is 35.0 Å². The highest BCUT2D eigenvalue weighted by Crippen LogP contribution is 2.62. The predicted molar refractivity (Wildman–Crippen MR) is 72.7 cm³/mol. The second-order valence-corrected chi connectivity index (χ2v) is 7.67. The normalized spacial score (nSPS) is 47.3. The molecule has 0 spiro atoms. The largest absolute Gasteiger partial charge is 0.481 e. The van der Waals surface area contributed by atoms with Crippen molar-refractivity contribution in [2.45, 2.75) is 44.9 Å². The Morgan fingerprint density at radius 1 is 0.947 bits per heavy atom. The van der Waals surface area contributed by atoms with Gasteiger partial charge in [-0.25, -0.2) is 0 Å². The van der Waals surface area contributed by atoms with Gasteiger partial charge in [-0.3, -0.25) is 4.79 Å². The molecule has 1 aliphatic heterocycles. The Bertz CT molecular complexity index is 358. The van der Waals surface area contributed by atoms with Gasteiger partial charge in [-0.15, -0.1) is 0 Å². The van der Waals surface area contributed by atoms with Crippen molar-refractivity contribution in [3.8, 4) is 0 Å². The summed E-state index contributed by atoms with van der Waals surface area (Å²) < 4.78 is 0. The van der Waals surface area contributed by atoms with Gasteiger partial charge in [0.2, 0.25) is 0 Å². The number of aliphatic carboxylic acids is 1. The zero-order valence-electron chi connectivity index (χ0n) is 11.6. The van der Waals surface area contributed by atoms with Crippen LogP contribution in [0.2, 0.25) is 0 Å². The lowest BCUT2D eigenvalue weighted by Crippen LogP contribution is -2.57. The molecule has 1 saturated heterocycles. The van der Waals surface area contributed by atoms with E-state index < -0.39 is 11.4 Å². The molecule has 5 fully saturated rings. The Kier molecular flexibility index (Phi) is 2.70. The first-order chi connectivity index (χ1) is 9.19. The summed E-state index contributed by atoms with van der Waals surface area (Å²) in [7, 11) is 0. The van der Waals surface area contributed by atoms with E-state index in [1.807, 2.05) is 0 Å². The maximum absolute atomic E-state index is 12.1. The number of hydrogen-bond donors (Lipinski definition) is 2. The van der Waals surface area contributed by atoms with Crippen LogP contribution in [0.3, 0.4) is 0 Å². The van der Waals surface area contributed by atoms with Crippen LogP contribution in [0.15, 0.2) is 0 Å². The first kappa shape index (κ1) is 12.2. The lowest BCUT2D eigenvalue weighted by molar-refractivity contribution is -0.170. The average molecular weight is 263 g/mol. The van der Waals surface area contributed by atoms with Gasteiger partial charge >= 0.3 is 5.97 Å². The molecule has 0 atom stereocenters. The van der Waals surface area contributed by atoms with Gasteiger partial charge in [0.1, 0.15) is 0 Å². The molecular formula is C16H25NO2. The molecule has 4 aliphatic carbocycles. The van der Waals surface area contributed by atoms with E-state index in [4.69, 9.17) is 0 Å². The third-order valence-electron chi connectivity index (χ3n) is 6.79. The van der Waals surface area contributed by atoms with Crippen LogP contribution in [0.25, 0.3) is 0 Å². The first-order valence-electron chi connectivity index (χ1n) is 8.13. The van der Waals surface area contributed by atoms with E-state index in [1.54, 1.807) is 0 Å². The number of carboxylic acids is 1. The average Bonchev–Trinajstić information content (AvgIpc) is 2.38. The fraction of sp³-hybridized carbons (Fsp3) is 0.938. The Morgan fingerprint density at radius 3 is 1.95 bits per heavy atom.